The summed E-state index contributed by atoms with van der Waals surface area (Å²) in [4.78, 5) is 23.7. The number of para-hydroxylation sites is 1. The van der Waals surface area contributed by atoms with Crippen molar-refractivity contribution in [2.45, 2.75) is 33.2 Å². The van der Waals surface area contributed by atoms with Gasteiger partial charge in [-0.3, -0.25) is 4.79 Å². The van der Waals surface area contributed by atoms with E-state index < -0.39 is 17.9 Å². The molecule has 2 rings (SSSR count). The molecular formula is C17H21N3O3. The number of amides is 1. The summed E-state index contributed by atoms with van der Waals surface area (Å²) in [7, 11) is 0. The molecule has 0 aliphatic rings. The molecular weight excluding hydrogens is 294 g/mol. The van der Waals surface area contributed by atoms with Gasteiger partial charge in [0, 0.05) is 11.8 Å². The Bertz CT molecular complexity index is 694. The van der Waals surface area contributed by atoms with Crippen molar-refractivity contribution in [1.82, 2.24) is 15.1 Å². The van der Waals surface area contributed by atoms with Crippen LogP contribution >= 0.6 is 0 Å². The standard InChI is InChI=1S/C17H21N3O3/c1-4-11(2)15(17(22)23)18-16(21)14-12(3)10-20(19-14)13-8-6-5-7-9-13/h5-11,15H,4H2,1-3H3,(H,18,21)(H,22,23)/t11-,15-/m0/s1. The molecule has 6 nitrogen and oxygen atoms in total. The minimum absolute atomic E-state index is 0.159. The second-order valence-corrected chi connectivity index (χ2v) is 5.62. The molecule has 2 atom stereocenters. The Balaban J connectivity index is 2.23. The smallest absolute Gasteiger partial charge is 0.326 e. The zero-order valence-electron chi connectivity index (χ0n) is 13.5. The molecule has 122 valence electrons. The fraction of sp³-hybridized carbons (Fsp3) is 0.353. The SMILES string of the molecule is CC[C@H](C)[C@H](NC(=O)c1nn(-c2ccccc2)cc1C)C(=O)O. The third-order valence-corrected chi connectivity index (χ3v) is 3.90. The van der Waals surface area contributed by atoms with Crippen molar-refractivity contribution < 1.29 is 14.7 Å². The van der Waals surface area contributed by atoms with Crippen LogP contribution in [0, 0.1) is 12.8 Å². The maximum atomic E-state index is 12.4. The molecule has 6 heteroatoms. The highest BCUT2D eigenvalue weighted by molar-refractivity contribution is 5.96. The third-order valence-electron chi connectivity index (χ3n) is 3.90. The van der Waals surface area contributed by atoms with E-state index in [4.69, 9.17) is 0 Å². The Kier molecular flexibility index (Phi) is 5.16. The van der Waals surface area contributed by atoms with Gasteiger partial charge in [0.1, 0.15) is 6.04 Å². The zero-order valence-corrected chi connectivity index (χ0v) is 13.5. The first-order chi connectivity index (χ1) is 10.9. The average Bonchev–Trinajstić information content (AvgIpc) is 2.94. The van der Waals surface area contributed by atoms with Gasteiger partial charge in [-0.05, 0) is 25.0 Å². The summed E-state index contributed by atoms with van der Waals surface area (Å²) in [6.45, 7) is 5.47. The average molecular weight is 315 g/mol. The second-order valence-electron chi connectivity index (χ2n) is 5.62. The topological polar surface area (TPSA) is 84.2 Å². The molecule has 0 saturated heterocycles. The fourth-order valence-electron chi connectivity index (χ4n) is 2.29. The number of carbonyl (C=O) groups is 2. The van der Waals surface area contributed by atoms with Crippen molar-refractivity contribution in [2.75, 3.05) is 0 Å². The number of hydrogen-bond acceptors (Lipinski definition) is 3. The van der Waals surface area contributed by atoms with Gasteiger partial charge in [0.2, 0.25) is 0 Å². The first-order valence-electron chi connectivity index (χ1n) is 7.59. The number of rotatable bonds is 6. The summed E-state index contributed by atoms with van der Waals surface area (Å²) in [6, 6.07) is 8.51. The van der Waals surface area contributed by atoms with Crippen LogP contribution in [-0.2, 0) is 4.79 Å². The van der Waals surface area contributed by atoms with Crippen LogP contribution < -0.4 is 5.32 Å². The van der Waals surface area contributed by atoms with Crippen LogP contribution in [0.15, 0.2) is 36.5 Å². The summed E-state index contributed by atoms with van der Waals surface area (Å²) in [6.07, 6.45) is 2.41. The lowest BCUT2D eigenvalue weighted by molar-refractivity contribution is -0.140. The lowest BCUT2D eigenvalue weighted by Crippen LogP contribution is -2.45. The lowest BCUT2D eigenvalue weighted by Gasteiger charge is -2.19. The molecule has 0 spiro atoms. The van der Waals surface area contributed by atoms with E-state index in [-0.39, 0.29) is 11.6 Å². The minimum atomic E-state index is -1.03. The van der Waals surface area contributed by atoms with E-state index in [2.05, 4.69) is 10.4 Å². The number of aromatic nitrogens is 2. The molecule has 0 fully saturated rings. The molecule has 1 aromatic carbocycles. The highest BCUT2D eigenvalue weighted by Gasteiger charge is 2.27. The van der Waals surface area contributed by atoms with E-state index in [9.17, 15) is 14.7 Å². The van der Waals surface area contributed by atoms with E-state index in [1.54, 1.807) is 24.7 Å². The first kappa shape index (κ1) is 16.7. The van der Waals surface area contributed by atoms with Crippen molar-refractivity contribution in [1.29, 1.82) is 0 Å². The van der Waals surface area contributed by atoms with Gasteiger partial charge in [0.25, 0.3) is 5.91 Å². The summed E-state index contributed by atoms with van der Waals surface area (Å²) in [5.74, 6) is -1.66. The molecule has 23 heavy (non-hydrogen) atoms. The van der Waals surface area contributed by atoms with E-state index in [0.29, 0.717) is 12.0 Å². The van der Waals surface area contributed by atoms with Gasteiger partial charge in [-0.15, -0.1) is 0 Å². The summed E-state index contributed by atoms with van der Waals surface area (Å²) < 4.78 is 1.61. The molecule has 0 saturated carbocycles. The molecule has 1 heterocycles. The summed E-state index contributed by atoms with van der Waals surface area (Å²) in [5, 5.41) is 16.1. The van der Waals surface area contributed by atoms with Crippen LogP contribution in [0.5, 0.6) is 0 Å². The number of carboxylic acid groups (broad SMARTS) is 1. The molecule has 1 aromatic heterocycles. The number of nitrogens with zero attached hydrogens (tertiary/aromatic N) is 2. The Labute approximate surface area is 135 Å². The Morgan fingerprint density at radius 3 is 2.52 bits per heavy atom. The number of aryl methyl sites for hydroxylation is 1. The van der Waals surface area contributed by atoms with Crippen LogP contribution in [0.25, 0.3) is 5.69 Å². The monoisotopic (exact) mass is 315 g/mol. The van der Waals surface area contributed by atoms with Gasteiger partial charge in [-0.1, -0.05) is 38.5 Å². The van der Waals surface area contributed by atoms with Crippen molar-refractivity contribution in [3.8, 4) is 5.69 Å². The molecule has 0 aliphatic heterocycles. The van der Waals surface area contributed by atoms with Gasteiger partial charge < -0.3 is 10.4 Å². The predicted molar refractivity (Wildman–Crippen MR) is 86.6 cm³/mol. The van der Waals surface area contributed by atoms with E-state index in [1.165, 1.54) is 0 Å². The quantitative estimate of drug-likeness (QED) is 0.857. The van der Waals surface area contributed by atoms with Crippen LogP contribution in [0.4, 0.5) is 0 Å². The van der Waals surface area contributed by atoms with E-state index in [1.807, 2.05) is 37.3 Å². The normalized spacial score (nSPS) is 13.3. The van der Waals surface area contributed by atoms with Crippen molar-refractivity contribution in [3.63, 3.8) is 0 Å². The zero-order chi connectivity index (χ0) is 17.0. The van der Waals surface area contributed by atoms with Gasteiger partial charge in [0.05, 0.1) is 5.69 Å². The largest absolute Gasteiger partial charge is 0.480 e. The Morgan fingerprint density at radius 1 is 1.30 bits per heavy atom. The highest BCUT2D eigenvalue weighted by atomic mass is 16.4. The van der Waals surface area contributed by atoms with Crippen LogP contribution in [0.1, 0.15) is 36.3 Å². The molecule has 1 amide bonds. The molecule has 0 aliphatic carbocycles. The number of carboxylic acids is 1. The minimum Gasteiger partial charge on any atom is -0.480 e. The van der Waals surface area contributed by atoms with Crippen molar-refractivity contribution >= 4 is 11.9 Å². The van der Waals surface area contributed by atoms with Crippen LogP contribution in [-0.4, -0.2) is 32.8 Å². The number of benzene rings is 1. The molecule has 2 N–H and O–H groups in total. The van der Waals surface area contributed by atoms with Crippen molar-refractivity contribution in [3.05, 3.63) is 47.8 Å². The third kappa shape index (κ3) is 3.77. The Morgan fingerprint density at radius 2 is 1.96 bits per heavy atom. The molecule has 2 aromatic rings. The maximum Gasteiger partial charge on any atom is 0.326 e. The predicted octanol–water partition coefficient (Wildman–Crippen LogP) is 2.41. The van der Waals surface area contributed by atoms with Crippen LogP contribution in [0.3, 0.4) is 0 Å². The number of aliphatic carboxylic acids is 1. The molecule has 0 unspecified atom stereocenters. The van der Waals surface area contributed by atoms with E-state index in [0.717, 1.165) is 5.69 Å². The van der Waals surface area contributed by atoms with Gasteiger partial charge in [-0.2, -0.15) is 5.10 Å². The fourth-order valence-corrected chi connectivity index (χ4v) is 2.29. The number of carbonyl (C=O) groups excluding carboxylic acids is 1. The molecule has 0 bridgehead atoms. The van der Waals surface area contributed by atoms with Gasteiger partial charge in [0.15, 0.2) is 5.69 Å². The first-order valence-corrected chi connectivity index (χ1v) is 7.59. The maximum absolute atomic E-state index is 12.4. The summed E-state index contributed by atoms with van der Waals surface area (Å²) in [5.41, 5.74) is 1.77. The van der Waals surface area contributed by atoms with Gasteiger partial charge in [-0.25, -0.2) is 9.48 Å². The van der Waals surface area contributed by atoms with E-state index >= 15 is 0 Å². The molecule has 0 radical (unpaired) electrons. The Hall–Kier alpha value is -2.63. The van der Waals surface area contributed by atoms with Crippen LogP contribution in [0.2, 0.25) is 0 Å². The highest BCUT2D eigenvalue weighted by Crippen LogP contribution is 2.13. The second kappa shape index (κ2) is 7.09. The van der Waals surface area contributed by atoms with Crippen molar-refractivity contribution in [2.24, 2.45) is 5.92 Å². The number of nitrogens with one attached hydrogen (secondary N) is 1. The number of hydrogen-bond donors (Lipinski definition) is 2. The lowest BCUT2D eigenvalue weighted by atomic mass is 9.99. The summed E-state index contributed by atoms with van der Waals surface area (Å²) >= 11 is 0. The van der Waals surface area contributed by atoms with Gasteiger partial charge >= 0.3 is 5.97 Å².